The van der Waals surface area contributed by atoms with Crippen LogP contribution in [0.4, 0.5) is 11.5 Å². The van der Waals surface area contributed by atoms with Crippen LogP contribution in [0.3, 0.4) is 0 Å². The molecule has 7 heteroatoms. The smallest absolute Gasteiger partial charge is 0.270 e. The number of amides is 2. The van der Waals surface area contributed by atoms with Crippen molar-refractivity contribution in [3.63, 3.8) is 0 Å². The van der Waals surface area contributed by atoms with Crippen molar-refractivity contribution in [2.45, 2.75) is 32.9 Å². The van der Waals surface area contributed by atoms with Crippen LogP contribution in [-0.4, -0.2) is 22.2 Å². The third kappa shape index (κ3) is 2.95. The molecule has 4 rings (SSSR count). The van der Waals surface area contributed by atoms with Gasteiger partial charge in [-0.05, 0) is 43.0 Å². The van der Waals surface area contributed by atoms with Gasteiger partial charge in [0.1, 0.15) is 17.2 Å². The summed E-state index contributed by atoms with van der Waals surface area (Å²) in [6, 6.07) is 11.3. The molecular weight excluding hydrogens is 366 g/mol. The van der Waals surface area contributed by atoms with E-state index in [9.17, 15) is 9.59 Å². The molecule has 0 radical (unpaired) electrons. The van der Waals surface area contributed by atoms with Crippen LogP contribution in [0.25, 0.3) is 0 Å². The van der Waals surface area contributed by atoms with Gasteiger partial charge in [0.05, 0.1) is 0 Å². The van der Waals surface area contributed by atoms with E-state index in [0.717, 1.165) is 33.7 Å². The standard InChI is InChI=1S/C22H23N5O2/c1-13(17-9-15-11-24-19(23)10-18(15)25-14(17)2)20-21(29)26-22(3,27(20)12-28)16-7-5-4-6-8-16/h4-8,10-12,25H,9H2,1-3H3,(H2,23,24)(H,26,29)/b20-13-. The third-order valence-electron chi connectivity index (χ3n) is 5.69. The first-order valence-corrected chi connectivity index (χ1v) is 9.40. The normalized spacial score (nSPS) is 22.7. The van der Waals surface area contributed by atoms with Gasteiger partial charge in [0, 0.05) is 30.1 Å². The van der Waals surface area contributed by atoms with Gasteiger partial charge < -0.3 is 16.4 Å². The maximum absolute atomic E-state index is 13.0. The van der Waals surface area contributed by atoms with Crippen molar-refractivity contribution in [2.24, 2.45) is 0 Å². The predicted molar refractivity (Wildman–Crippen MR) is 111 cm³/mol. The Morgan fingerprint density at radius 2 is 2.03 bits per heavy atom. The number of allylic oxidation sites excluding steroid dienone is 3. The van der Waals surface area contributed by atoms with Crippen LogP contribution in [0, 0.1) is 0 Å². The summed E-state index contributed by atoms with van der Waals surface area (Å²) in [5, 5.41) is 6.33. The van der Waals surface area contributed by atoms with Crippen molar-refractivity contribution in [1.82, 2.24) is 15.2 Å². The Morgan fingerprint density at radius 1 is 1.31 bits per heavy atom. The minimum Gasteiger partial charge on any atom is -0.384 e. The molecule has 1 atom stereocenters. The van der Waals surface area contributed by atoms with E-state index in [4.69, 9.17) is 5.73 Å². The Balaban J connectivity index is 1.79. The zero-order valence-electron chi connectivity index (χ0n) is 16.6. The monoisotopic (exact) mass is 389 g/mol. The topological polar surface area (TPSA) is 100 Å². The Morgan fingerprint density at radius 3 is 2.72 bits per heavy atom. The second kappa shape index (κ2) is 6.77. The number of nitrogens with two attached hydrogens (primary N) is 1. The number of nitrogens with one attached hydrogen (secondary N) is 2. The molecule has 2 aromatic rings. The van der Waals surface area contributed by atoms with Gasteiger partial charge in [0.15, 0.2) is 0 Å². The number of benzene rings is 1. The predicted octanol–water partition coefficient (Wildman–Crippen LogP) is 2.64. The molecule has 0 bridgehead atoms. The Hall–Kier alpha value is -3.61. The van der Waals surface area contributed by atoms with Crippen LogP contribution in [0.15, 0.2) is 65.1 Å². The second-order valence-corrected chi connectivity index (χ2v) is 7.51. The van der Waals surface area contributed by atoms with E-state index in [1.165, 1.54) is 4.90 Å². The lowest BCUT2D eigenvalue weighted by molar-refractivity contribution is -0.120. The van der Waals surface area contributed by atoms with E-state index in [2.05, 4.69) is 15.6 Å². The van der Waals surface area contributed by atoms with Crippen molar-refractivity contribution in [1.29, 1.82) is 0 Å². The maximum Gasteiger partial charge on any atom is 0.270 e. The molecule has 0 saturated carbocycles. The average molecular weight is 389 g/mol. The summed E-state index contributed by atoms with van der Waals surface area (Å²) in [6.07, 6.45) is 3.05. The van der Waals surface area contributed by atoms with Crippen LogP contribution >= 0.6 is 0 Å². The molecule has 0 aliphatic carbocycles. The average Bonchev–Trinajstić information content (AvgIpc) is 2.98. The maximum atomic E-state index is 13.0. The number of aromatic nitrogens is 1. The zero-order valence-corrected chi connectivity index (χ0v) is 16.6. The largest absolute Gasteiger partial charge is 0.384 e. The minimum atomic E-state index is -0.943. The molecule has 2 amide bonds. The lowest BCUT2D eigenvalue weighted by Gasteiger charge is -2.32. The lowest BCUT2D eigenvalue weighted by atomic mass is 9.92. The zero-order chi connectivity index (χ0) is 20.8. The van der Waals surface area contributed by atoms with Crippen LogP contribution in [0.2, 0.25) is 0 Å². The molecule has 29 heavy (non-hydrogen) atoms. The molecule has 1 aromatic carbocycles. The second-order valence-electron chi connectivity index (χ2n) is 7.51. The van der Waals surface area contributed by atoms with E-state index < -0.39 is 5.66 Å². The molecule has 3 heterocycles. The molecule has 1 unspecified atom stereocenters. The minimum absolute atomic E-state index is 0.275. The van der Waals surface area contributed by atoms with Crippen molar-refractivity contribution < 1.29 is 9.59 Å². The van der Waals surface area contributed by atoms with E-state index >= 15 is 0 Å². The number of carbonyl (C=O) groups is 2. The molecule has 4 N–H and O–H groups in total. The van der Waals surface area contributed by atoms with Crippen LogP contribution < -0.4 is 16.4 Å². The highest BCUT2D eigenvalue weighted by Gasteiger charge is 2.46. The summed E-state index contributed by atoms with van der Waals surface area (Å²) in [4.78, 5) is 30.7. The Bertz CT molecular complexity index is 1070. The summed E-state index contributed by atoms with van der Waals surface area (Å²) >= 11 is 0. The van der Waals surface area contributed by atoms with Gasteiger partial charge >= 0.3 is 0 Å². The van der Waals surface area contributed by atoms with Crippen molar-refractivity contribution in [3.05, 3.63) is 76.3 Å². The Labute approximate surface area is 169 Å². The van der Waals surface area contributed by atoms with E-state index in [1.54, 1.807) is 12.3 Å². The summed E-state index contributed by atoms with van der Waals surface area (Å²) in [5.41, 5.74) is 10.6. The van der Waals surface area contributed by atoms with Gasteiger partial charge in [0.25, 0.3) is 5.91 Å². The fraction of sp³-hybridized carbons (Fsp3) is 0.227. The Kier molecular flexibility index (Phi) is 4.38. The fourth-order valence-corrected chi connectivity index (χ4v) is 4.07. The molecule has 2 aliphatic heterocycles. The summed E-state index contributed by atoms with van der Waals surface area (Å²) < 4.78 is 0. The number of nitrogens with zero attached hydrogens (tertiary/aromatic N) is 2. The molecule has 1 saturated heterocycles. The highest BCUT2D eigenvalue weighted by atomic mass is 16.2. The van der Waals surface area contributed by atoms with Crippen molar-refractivity contribution >= 4 is 23.8 Å². The van der Waals surface area contributed by atoms with Gasteiger partial charge in [-0.15, -0.1) is 0 Å². The number of carbonyl (C=O) groups excluding carboxylic acids is 2. The van der Waals surface area contributed by atoms with Crippen LogP contribution in [0.1, 0.15) is 31.9 Å². The van der Waals surface area contributed by atoms with Gasteiger partial charge in [-0.1, -0.05) is 30.3 Å². The van der Waals surface area contributed by atoms with Gasteiger partial charge in [0.2, 0.25) is 6.41 Å². The SMILES string of the molecule is CC1=C(/C(C)=C2/C(=O)NC(C)(c3ccccc3)N2C=O)Cc2cnc(N)cc2N1. The summed E-state index contributed by atoms with van der Waals surface area (Å²) in [7, 11) is 0. The number of rotatable bonds is 3. The third-order valence-corrected chi connectivity index (χ3v) is 5.69. The highest BCUT2D eigenvalue weighted by Crippen LogP contribution is 2.38. The molecule has 1 fully saturated rings. The molecular formula is C22H23N5O2. The molecule has 1 aromatic heterocycles. The number of fused-ring (bicyclic) bond motifs is 1. The van der Waals surface area contributed by atoms with Crippen LogP contribution in [0.5, 0.6) is 0 Å². The van der Waals surface area contributed by atoms with Crippen molar-refractivity contribution in [2.75, 3.05) is 11.1 Å². The number of pyridine rings is 1. The molecule has 148 valence electrons. The van der Waals surface area contributed by atoms with E-state index in [0.29, 0.717) is 24.3 Å². The quantitative estimate of drug-likeness (QED) is 0.553. The van der Waals surface area contributed by atoms with E-state index in [-0.39, 0.29) is 5.91 Å². The fourth-order valence-electron chi connectivity index (χ4n) is 4.07. The summed E-state index contributed by atoms with van der Waals surface area (Å²) in [6.45, 7) is 5.66. The summed E-state index contributed by atoms with van der Waals surface area (Å²) in [5.74, 6) is 0.172. The number of hydrogen-bond donors (Lipinski definition) is 3. The molecule has 7 nitrogen and oxygen atoms in total. The van der Waals surface area contributed by atoms with E-state index in [1.807, 2.05) is 51.1 Å². The number of anilines is 2. The van der Waals surface area contributed by atoms with Gasteiger partial charge in [-0.25, -0.2) is 4.98 Å². The highest BCUT2D eigenvalue weighted by molar-refractivity contribution is 6.00. The lowest BCUT2D eigenvalue weighted by Crippen LogP contribution is -2.45. The first-order chi connectivity index (χ1) is 13.8. The first-order valence-electron chi connectivity index (χ1n) is 9.40. The number of nitrogen functional groups attached to an aromatic ring is 1. The van der Waals surface area contributed by atoms with Crippen molar-refractivity contribution in [3.8, 4) is 0 Å². The molecule has 2 aliphatic rings. The van der Waals surface area contributed by atoms with Crippen LogP contribution in [-0.2, 0) is 21.7 Å². The number of hydrogen-bond acceptors (Lipinski definition) is 5. The molecule has 0 spiro atoms. The van der Waals surface area contributed by atoms with Gasteiger partial charge in [-0.3, -0.25) is 14.5 Å². The first kappa shape index (κ1) is 18.7. The van der Waals surface area contributed by atoms with Gasteiger partial charge in [-0.2, -0.15) is 0 Å².